The Bertz CT molecular complexity index is 506. The second kappa shape index (κ2) is 5.26. The molecule has 0 aliphatic heterocycles. The predicted octanol–water partition coefficient (Wildman–Crippen LogP) is 2.46. The van der Waals surface area contributed by atoms with Gasteiger partial charge in [0.15, 0.2) is 0 Å². The van der Waals surface area contributed by atoms with Crippen LogP contribution in [-0.2, 0) is 0 Å². The van der Waals surface area contributed by atoms with E-state index in [1.165, 1.54) is 12.1 Å². The molecule has 0 saturated heterocycles. The van der Waals surface area contributed by atoms with Gasteiger partial charge in [0.25, 0.3) is 5.91 Å². The van der Waals surface area contributed by atoms with Crippen LogP contribution in [-0.4, -0.2) is 22.0 Å². The number of carbonyl (C=O) groups excluding carboxylic acids is 1. The summed E-state index contributed by atoms with van der Waals surface area (Å²) in [6, 6.07) is 3.74. The minimum absolute atomic E-state index is 0.0923. The molecule has 0 bridgehead atoms. The quantitative estimate of drug-likeness (QED) is 0.649. The summed E-state index contributed by atoms with van der Waals surface area (Å²) >= 11 is 0. The van der Waals surface area contributed by atoms with E-state index in [1.807, 2.05) is 27.7 Å². The number of phenolic OH excluding ortho intramolecular Hbond substituents is 1. The highest BCUT2D eigenvalue weighted by Crippen LogP contribution is 2.29. The zero-order chi connectivity index (χ0) is 14.8. The molecule has 104 valence electrons. The number of nitro benzene ring substituents is 1. The lowest BCUT2D eigenvalue weighted by Gasteiger charge is -2.28. The number of nitrogens with zero attached hydrogens (tertiary/aromatic N) is 1. The summed E-state index contributed by atoms with van der Waals surface area (Å²) in [5.41, 5.74) is -0.715. The molecular formula is C13H18N2O4. The average molecular weight is 266 g/mol. The van der Waals surface area contributed by atoms with Gasteiger partial charge in [-0.1, -0.05) is 26.8 Å². The van der Waals surface area contributed by atoms with Crippen molar-refractivity contribution in [2.24, 2.45) is 5.41 Å². The van der Waals surface area contributed by atoms with Gasteiger partial charge in [0.05, 0.1) is 10.5 Å². The van der Waals surface area contributed by atoms with Crippen molar-refractivity contribution in [1.29, 1.82) is 0 Å². The van der Waals surface area contributed by atoms with E-state index >= 15 is 0 Å². The van der Waals surface area contributed by atoms with E-state index in [9.17, 15) is 20.0 Å². The lowest BCUT2D eigenvalue weighted by atomic mass is 9.88. The molecule has 1 aromatic carbocycles. The molecule has 1 unspecified atom stereocenters. The molecule has 0 spiro atoms. The molecule has 0 aromatic heterocycles. The molecule has 0 aliphatic rings. The van der Waals surface area contributed by atoms with Crippen molar-refractivity contribution in [2.45, 2.75) is 33.7 Å². The van der Waals surface area contributed by atoms with E-state index in [-0.39, 0.29) is 17.0 Å². The zero-order valence-corrected chi connectivity index (χ0v) is 11.4. The van der Waals surface area contributed by atoms with E-state index in [4.69, 9.17) is 0 Å². The number of rotatable bonds is 3. The van der Waals surface area contributed by atoms with Gasteiger partial charge in [-0.05, 0) is 18.4 Å². The molecule has 1 aromatic rings. The van der Waals surface area contributed by atoms with Crippen molar-refractivity contribution >= 4 is 11.6 Å². The van der Waals surface area contributed by atoms with Crippen LogP contribution in [0.3, 0.4) is 0 Å². The summed E-state index contributed by atoms with van der Waals surface area (Å²) < 4.78 is 0. The molecule has 6 nitrogen and oxygen atoms in total. The van der Waals surface area contributed by atoms with Crippen molar-refractivity contribution in [3.8, 4) is 5.75 Å². The van der Waals surface area contributed by atoms with Crippen LogP contribution in [0.15, 0.2) is 18.2 Å². The summed E-state index contributed by atoms with van der Waals surface area (Å²) in [6.45, 7) is 7.73. The van der Waals surface area contributed by atoms with Gasteiger partial charge < -0.3 is 10.4 Å². The Kier molecular flexibility index (Phi) is 4.14. The lowest BCUT2D eigenvalue weighted by molar-refractivity contribution is -0.385. The Labute approximate surface area is 111 Å². The van der Waals surface area contributed by atoms with Gasteiger partial charge >= 0.3 is 5.69 Å². The van der Waals surface area contributed by atoms with E-state index < -0.39 is 22.3 Å². The molecule has 1 atom stereocenters. The normalized spacial score (nSPS) is 12.8. The highest BCUT2D eigenvalue weighted by Gasteiger charge is 2.25. The number of benzene rings is 1. The fraction of sp³-hybridized carbons (Fsp3) is 0.462. The van der Waals surface area contributed by atoms with Crippen LogP contribution in [0.1, 0.15) is 38.1 Å². The van der Waals surface area contributed by atoms with Crippen molar-refractivity contribution in [2.75, 3.05) is 0 Å². The third-order valence-electron chi connectivity index (χ3n) is 3.10. The monoisotopic (exact) mass is 266 g/mol. The van der Waals surface area contributed by atoms with E-state index in [0.717, 1.165) is 6.07 Å². The number of nitro groups is 1. The van der Waals surface area contributed by atoms with Crippen LogP contribution in [0, 0.1) is 15.5 Å². The zero-order valence-electron chi connectivity index (χ0n) is 11.4. The molecular weight excluding hydrogens is 248 g/mol. The molecule has 0 aliphatic carbocycles. The SMILES string of the molecule is CC(NC(=O)c1cccc([N+](=O)[O-])c1O)C(C)(C)C. The van der Waals surface area contributed by atoms with E-state index in [1.54, 1.807) is 0 Å². The highest BCUT2D eigenvalue weighted by molar-refractivity contribution is 5.98. The standard InChI is InChI=1S/C13H18N2O4/c1-8(13(2,3)4)14-12(17)9-6-5-7-10(11(9)16)15(18)19/h5-8,16H,1-4H3,(H,14,17). The number of nitrogens with one attached hydrogen (secondary N) is 1. The van der Waals surface area contributed by atoms with Gasteiger partial charge in [0.2, 0.25) is 5.75 Å². The van der Waals surface area contributed by atoms with E-state index in [0.29, 0.717) is 0 Å². The smallest absolute Gasteiger partial charge is 0.311 e. The van der Waals surface area contributed by atoms with Crippen molar-refractivity contribution in [3.05, 3.63) is 33.9 Å². The third-order valence-corrected chi connectivity index (χ3v) is 3.10. The van der Waals surface area contributed by atoms with Crippen LogP contribution in [0.2, 0.25) is 0 Å². The number of carbonyl (C=O) groups is 1. The first-order valence-corrected chi connectivity index (χ1v) is 5.92. The number of hydrogen-bond acceptors (Lipinski definition) is 4. The predicted molar refractivity (Wildman–Crippen MR) is 71.1 cm³/mol. The van der Waals surface area contributed by atoms with Gasteiger partial charge in [0, 0.05) is 12.1 Å². The fourth-order valence-electron chi connectivity index (χ4n) is 1.35. The van der Waals surface area contributed by atoms with E-state index in [2.05, 4.69) is 5.32 Å². The summed E-state index contributed by atoms with van der Waals surface area (Å²) in [5, 5.41) is 23.2. The molecule has 19 heavy (non-hydrogen) atoms. The number of phenols is 1. The molecule has 0 fully saturated rings. The maximum Gasteiger partial charge on any atom is 0.311 e. The number of para-hydroxylation sites is 1. The molecule has 2 N–H and O–H groups in total. The van der Waals surface area contributed by atoms with Crippen molar-refractivity contribution in [1.82, 2.24) is 5.32 Å². The molecule has 0 heterocycles. The van der Waals surface area contributed by atoms with Crippen LogP contribution >= 0.6 is 0 Å². The van der Waals surface area contributed by atoms with Crippen LogP contribution in [0.5, 0.6) is 5.75 Å². The van der Waals surface area contributed by atoms with Crippen molar-refractivity contribution in [3.63, 3.8) is 0 Å². The topological polar surface area (TPSA) is 92.5 Å². The van der Waals surface area contributed by atoms with Crippen LogP contribution in [0.25, 0.3) is 0 Å². The maximum atomic E-state index is 12.0. The first kappa shape index (κ1) is 14.9. The number of amides is 1. The Morgan fingerprint density at radius 1 is 1.42 bits per heavy atom. The van der Waals surface area contributed by atoms with Crippen LogP contribution in [0.4, 0.5) is 5.69 Å². The Morgan fingerprint density at radius 3 is 2.47 bits per heavy atom. The van der Waals surface area contributed by atoms with Gasteiger partial charge in [-0.3, -0.25) is 14.9 Å². The second-order valence-electron chi connectivity index (χ2n) is 5.49. The largest absolute Gasteiger partial charge is 0.502 e. The number of aromatic hydroxyl groups is 1. The minimum atomic E-state index is -0.723. The minimum Gasteiger partial charge on any atom is -0.502 e. The number of hydrogen-bond donors (Lipinski definition) is 2. The molecule has 1 amide bonds. The Morgan fingerprint density at radius 2 is 2.00 bits per heavy atom. The Hall–Kier alpha value is -2.11. The van der Waals surface area contributed by atoms with Crippen molar-refractivity contribution < 1.29 is 14.8 Å². The highest BCUT2D eigenvalue weighted by atomic mass is 16.6. The van der Waals surface area contributed by atoms with Crippen LogP contribution < -0.4 is 5.32 Å². The fourth-order valence-corrected chi connectivity index (χ4v) is 1.35. The first-order valence-electron chi connectivity index (χ1n) is 5.92. The van der Waals surface area contributed by atoms with Gasteiger partial charge in [-0.15, -0.1) is 0 Å². The van der Waals surface area contributed by atoms with Gasteiger partial charge in [-0.2, -0.15) is 0 Å². The first-order chi connectivity index (χ1) is 8.64. The summed E-state index contributed by atoms with van der Waals surface area (Å²) in [6.07, 6.45) is 0. The molecule has 1 rings (SSSR count). The summed E-state index contributed by atoms with van der Waals surface area (Å²) in [7, 11) is 0. The summed E-state index contributed by atoms with van der Waals surface area (Å²) in [5.74, 6) is -1.13. The Balaban J connectivity index is 3.02. The van der Waals surface area contributed by atoms with Gasteiger partial charge in [-0.25, -0.2) is 0 Å². The lowest BCUT2D eigenvalue weighted by Crippen LogP contribution is -2.41. The average Bonchev–Trinajstić information content (AvgIpc) is 2.27. The summed E-state index contributed by atoms with van der Waals surface area (Å²) in [4.78, 5) is 22.0. The van der Waals surface area contributed by atoms with Gasteiger partial charge in [0.1, 0.15) is 0 Å². The maximum absolute atomic E-state index is 12.0. The third kappa shape index (κ3) is 3.43. The molecule has 0 radical (unpaired) electrons. The second-order valence-corrected chi connectivity index (χ2v) is 5.49. The molecule has 6 heteroatoms. The molecule has 0 saturated carbocycles.